The lowest BCUT2D eigenvalue weighted by molar-refractivity contribution is -0.129. The zero-order valence-corrected chi connectivity index (χ0v) is 18.1. The molecule has 0 saturated heterocycles. The third kappa shape index (κ3) is 5.22. The maximum atomic E-state index is 13.1. The van der Waals surface area contributed by atoms with Gasteiger partial charge in [0.1, 0.15) is 5.75 Å². The van der Waals surface area contributed by atoms with Gasteiger partial charge >= 0.3 is 0 Å². The molecule has 6 nitrogen and oxygen atoms in total. The minimum absolute atomic E-state index is 0.104. The van der Waals surface area contributed by atoms with Crippen LogP contribution in [0.5, 0.6) is 5.75 Å². The Morgan fingerprint density at radius 2 is 1.81 bits per heavy atom. The highest BCUT2D eigenvalue weighted by Crippen LogP contribution is 2.38. The van der Waals surface area contributed by atoms with Gasteiger partial charge < -0.3 is 19.6 Å². The first-order valence-corrected chi connectivity index (χ1v) is 10.2. The van der Waals surface area contributed by atoms with Crippen molar-refractivity contribution in [3.8, 4) is 5.75 Å². The van der Waals surface area contributed by atoms with Crippen LogP contribution in [0.3, 0.4) is 0 Å². The lowest BCUT2D eigenvalue weighted by Crippen LogP contribution is -2.33. The average molecular weight is 421 g/mol. The maximum absolute atomic E-state index is 13.1. The number of ether oxygens (including phenoxy) is 1. The topological polar surface area (TPSA) is 70.1 Å². The second-order valence-corrected chi connectivity index (χ2v) is 7.70. The number of aliphatic hydroxyl groups excluding tert-OH is 1. The zero-order chi connectivity index (χ0) is 22.4. The fraction of sp³-hybridized carbons (Fsp3) is 0.280. The summed E-state index contributed by atoms with van der Waals surface area (Å²) in [5.74, 6) is -0.702. The minimum Gasteiger partial charge on any atom is -0.503 e. The molecule has 0 spiro atoms. The van der Waals surface area contributed by atoms with E-state index in [2.05, 4.69) is 0 Å². The Kier molecular flexibility index (Phi) is 7.26. The van der Waals surface area contributed by atoms with Crippen molar-refractivity contribution in [3.63, 3.8) is 0 Å². The summed E-state index contributed by atoms with van der Waals surface area (Å²) >= 11 is 0. The highest BCUT2D eigenvalue weighted by atomic mass is 16.5. The van der Waals surface area contributed by atoms with Crippen LogP contribution in [0.25, 0.3) is 6.08 Å². The van der Waals surface area contributed by atoms with Crippen molar-refractivity contribution in [1.82, 2.24) is 9.80 Å². The molecule has 0 saturated carbocycles. The number of nitrogens with zero attached hydrogens (tertiary/aromatic N) is 2. The van der Waals surface area contributed by atoms with Gasteiger partial charge in [-0.05, 0) is 56.4 Å². The molecule has 162 valence electrons. The summed E-state index contributed by atoms with van der Waals surface area (Å²) in [5, 5.41) is 10.6. The number of carbonyl (C=O) groups excluding carboxylic acids is 2. The van der Waals surface area contributed by atoms with Crippen molar-refractivity contribution < 1.29 is 19.4 Å². The van der Waals surface area contributed by atoms with Gasteiger partial charge in [-0.1, -0.05) is 48.5 Å². The van der Waals surface area contributed by atoms with Crippen molar-refractivity contribution in [2.24, 2.45) is 0 Å². The number of allylic oxidation sites excluding steroid dienone is 1. The molecular formula is C25H28N2O4. The van der Waals surface area contributed by atoms with Crippen LogP contribution in [0.4, 0.5) is 0 Å². The fourth-order valence-electron chi connectivity index (χ4n) is 3.65. The Morgan fingerprint density at radius 1 is 1.13 bits per heavy atom. The first-order valence-electron chi connectivity index (χ1n) is 10.2. The maximum Gasteiger partial charge on any atom is 0.290 e. The molecular weight excluding hydrogens is 392 g/mol. The van der Waals surface area contributed by atoms with Crippen molar-refractivity contribution in [2.45, 2.75) is 12.5 Å². The van der Waals surface area contributed by atoms with Gasteiger partial charge in [-0.3, -0.25) is 9.59 Å². The van der Waals surface area contributed by atoms with E-state index in [1.807, 2.05) is 61.5 Å². The summed E-state index contributed by atoms with van der Waals surface area (Å²) in [4.78, 5) is 29.6. The second kappa shape index (κ2) is 10.1. The summed E-state index contributed by atoms with van der Waals surface area (Å²) in [6.45, 7) is 1.22. The van der Waals surface area contributed by atoms with Crippen LogP contribution in [-0.2, 0) is 9.59 Å². The van der Waals surface area contributed by atoms with Crippen molar-refractivity contribution >= 4 is 17.8 Å². The third-order valence-electron chi connectivity index (χ3n) is 5.23. The second-order valence-electron chi connectivity index (χ2n) is 7.70. The monoisotopic (exact) mass is 420 g/mol. The molecule has 2 aromatic rings. The van der Waals surface area contributed by atoms with E-state index in [9.17, 15) is 14.7 Å². The normalized spacial score (nSPS) is 16.6. The van der Waals surface area contributed by atoms with Gasteiger partial charge in [0.2, 0.25) is 0 Å². The van der Waals surface area contributed by atoms with E-state index in [4.69, 9.17) is 4.74 Å². The van der Waals surface area contributed by atoms with Crippen LogP contribution >= 0.6 is 0 Å². The van der Waals surface area contributed by atoms with E-state index in [1.54, 1.807) is 30.2 Å². The molecule has 1 unspecified atom stereocenters. The number of rotatable bonds is 9. The summed E-state index contributed by atoms with van der Waals surface area (Å²) in [5.41, 5.74) is 1.72. The van der Waals surface area contributed by atoms with E-state index in [1.165, 1.54) is 6.08 Å². The van der Waals surface area contributed by atoms with Crippen LogP contribution in [0.1, 0.15) is 23.6 Å². The lowest BCUT2D eigenvalue weighted by atomic mass is 9.95. The largest absolute Gasteiger partial charge is 0.503 e. The number of hydrogen-bond acceptors (Lipinski definition) is 5. The van der Waals surface area contributed by atoms with Gasteiger partial charge in [0.05, 0.1) is 18.7 Å². The molecule has 0 radical (unpaired) electrons. The molecule has 2 aromatic carbocycles. The molecule has 1 aliphatic rings. The predicted octanol–water partition coefficient (Wildman–Crippen LogP) is 3.62. The molecule has 1 N–H and O–H groups in total. The average Bonchev–Trinajstić information content (AvgIpc) is 3.03. The molecule has 0 fully saturated rings. The van der Waals surface area contributed by atoms with E-state index in [0.29, 0.717) is 12.3 Å². The third-order valence-corrected chi connectivity index (χ3v) is 5.23. The predicted molar refractivity (Wildman–Crippen MR) is 121 cm³/mol. The molecule has 31 heavy (non-hydrogen) atoms. The van der Waals surface area contributed by atoms with Crippen molar-refractivity contribution in [3.05, 3.63) is 83.1 Å². The van der Waals surface area contributed by atoms with Gasteiger partial charge in [-0.2, -0.15) is 0 Å². The SMILES string of the molecule is COc1ccc(C2C(C(=O)/C=C/c3ccccc3)=C(O)C(=O)N2CCCN(C)C)cc1. The molecule has 1 amide bonds. The highest BCUT2D eigenvalue weighted by Gasteiger charge is 2.42. The molecule has 1 atom stereocenters. The summed E-state index contributed by atoms with van der Waals surface area (Å²) in [6, 6.07) is 16.0. The number of methoxy groups -OCH3 is 1. The number of benzene rings is 2. The van der Waals surface area contributed by atoms with Crippen LogP contribution < -0.4 is 4.74 Å². The van der Waals surface area contributed by atoms with Gasteiger partial charge in [-0.25, -0.2) is 0 Å². The van der Waals surface area contributed by atoms with Crippen molar-refractivity contribution in [2.75, 3.05) is 34.3 Å². The highest BCUT2D eigenvalue weighted by molar-refractivity contribution is 6.14. The van der Waals surface area contributed by atoms with Gasteiger partial charge in [-0.15, -0.1) is 0 Å². The molecule has 0 aliphatic carbocycles. The standard InChI is InChI=1S/C25H28N2O4/c1-26(2)16-7-17-27-23(19-11-13-20(31-3)14-12-19)22(24(29)25(27)30)21(28)15-10-18-8-5-4-6-9-18/h4-6,8-15,23,29H,7,16-17H2,1-3H3/b15-10+. The number of aliphatic hydroxyl groups is 1. The quantitative estimate of drug-likeness (QED) is 0.628. The smallest absolute Gasteiger partial charge is 0.290 e. The van der Waals surface area contributed by atoms with E-state index in [0.717, 1.165) is 24.1 Å². The van der Waals surface area contributed by atoms with E-state index in [-0.39, 0.29) is 11.4 Å². The van der Waals surface area contributed by atoms with Crippen LogP contribution in [-0.4, -0.2) is 60.9 Å². The minimum atomic E-state index is -0.645. The molecule has 6 heteroatoms. The lowest BCUT2D eigenvalue weighted by Gasteiger charge is -2.27. The van der Waals surface area contributed by atoms with Crippen LogP contribution in [0, 0.1) is 0 Å². The van der Waals surface area contributed by atoms with Gasteiger partial charge in [0, 0.05) is 6.54 Å². The summed E-state index contributed by atoms with van der Waals surface area (Å²) in [6.07, 6.45) is 3.82. The Bertz CT molecular complexity index is 978. The van der Waals surface area contributed by atoms with Crippen LogP contribution in [0.15, 0.2) is 72.0 Å². The van der Waals surface area contributed by atoms with E-state index < -0.39 is 17.7 Å². The van der Waals surface area contributed by atoms with E-state index >= 15 is 0 Å². The molecule has 0 bridgehead atoms. The molecule has 3 rings (SSSR count). The zero-order valence-electron chi connectivity index (χ0n) is 18.1. The van der Waals surface area contributed by atoms with Gasteiger partial charge in [0.25, 0.3) is 5.91 Å². The molecule has 1 aliphatic heterocycles. The van der Waals surface area contributed by atoms with Gasteiger partial charge in [0.15, 0.2) is 11.5 Å². The Morgan fingerprint density at radius 3 is 2.42 bits per heavy atom. The van der Waals surface area contributed by atoms with Crippen molar-refractivity contribution in [1.29, 1.82) is 0 Å². The number of amides is 1. The molecule has 0 aromatic heterocycles. The first kappa shape index (κ1) is 22.3. The number of ketones is 1. The Hall–Kier alpha value is -3.38. The Balaban J connectivity index is 1.93. The molecule has 1 heterocycles. The fourth-order valence-corrected chi connectivity index (χ4v) is 3.65. The van der Waals surface area contributed by atoms with Crippen LogP contribution in [0.2, 0.25) is 0 Å². The Labute approximate surface area is 183 Å². The summed E-state index contributed by atoms with van der Waals surface area (Å²) in [7, 11) is 5.51. The number of carbonyl (C=O) groups is 2. The first-order chi connectivity index (χ1) is 14.9. The summed E-state index contributed by atoms with van der Waals surface area (Å²) < 4.78 is 5.23. The number of hydrogen-bond donors (Lipinski definition) is 1.